The van der Waals surface area contributed by atoms with Crippen LogP contribution in [0.5, 0.6) is 11.5 Å². The van der Waals surface area contributed by atoms with Gasteiger partial charge in [0.05, 0.1) is 18.6 Å². The topological polar surface area (TPSA) is 55.8 Å². The van der Waals surface area contributed by atoms with E-state index in [1.807, 2.05) is 0 Å². The zero-order valence-corrected chi connectivity index (χ0v) is 15.8. The van der Waals surface area contributed by atoms with Crippen molar-refractivity contribution in [2.45, 2.75) is 6.61 Å². The molecule has 1 fully saturated rings. The summed E-state index contributed by atoms with van der Waals surface area (Å²) in [6, 6.07) is 11.2. The fourth-order valence-electron chi connectivity index (χ4n) is 2.51. The van der Waals surface area contributed by atoms with E-state index in [1.54, 1.807) is 36.4 Å². The molecule has 0 atom stereocenters. The lowest BCUT2D eigenvalue weighted by Gasteiger charge is -2.11. The van der Waals surface area contributed by atoms with Crippen LogP contribution in [0.3, 0.4) is 0 Å². The van der Waals surface area contributed by atoms with E-state index in [1.165, 1.54) is 19.2 Å². The Bertz CT molecular complexity index is 979. The normalized spacial score (nSPS) is 15.0. The van der Waals surface area contributed by atoms with E-state index in [9.17, 15) is 14.0 Å². The van der Waals surface area contributed by atoms with E-state index in [0.717, 1.165) is 22.2 Å². The first-order chi connectivity index (χ1) is 13.5. The van der Waals surface area contributed by atoms with Crippen LogP contribution in [0.2, 0.25) is 0 Å². The van der Waals surface area contributed by atoms with Crippen molar-refractivity contribution in [1.82, 2.24) is 4.90 Å². The molecule has 1 saturated heterocycles. The maximum atomic E-state index is 13.0. The highest BCUT2D eigenvalue weighted by Gasteiger charge is 2.34. The monoisotopic (exact) mass is 397 g/mol. The summed E-state index contributed by atoms with van der Waals surface area (Å²) in [5.74, 6) is 2.55. The molecule has 2 amide bonds. The van der Waals surface area contributed by atoms with Crippen LogP contribution in [0.15, 0.2) is 47.4 Å². The van der Waals surface area contributed by atoms with Crippen LogP contribution in [0.25, 0.3) is 6.08 Å². The molecule has 0 saturated carbocycles. The molecule has 0 bridgehead atoms. The third-order valence-corrected chi connectivity index (χ3v) is 4.82. The quantitative estimate of drug-likeness (QED) is 0.543. The van der Waals surface area contributed by atoms with E-state index in [0.29, 0.717) is 22.0 Å². The summed E-state index contributed by atoms with van der Waals surface area (Å²) in [6.45, 7) is 0.197. The van der Waals surface area contributed by atoms with Gasteiger partial charge in [0.25, 0.3) is 11.1 Å². The molecule has 0 aromatic heterocycles. The number of carbonyl (C=O) groups excluding carboxylic acids is 2. The van der Waals surface area contributed by atoms with Gasteiger partial charge in [-0.25, -0.2) is 4.39 Å². The first kappa shape index (κ1) is 19.5. The Hall–Kier alpha value is -3.24. The van der Waals surface area contributed by atoms with Crippen LogP contribution in [0.1, 0.15) is 11.1 Å². The van der Waals surface area contributed by atoms with E-state index in [-0.39, 0.29) is 24.2 Å². The molecule has 7 heteroatoms. The summed E-state index contributed by atoms with van der Waals surface area (Å²) in [5, 5.41) is -0.389. The summed E-state index contributed by atoms with van der Waals surface area (Å²) in [4.78, 5) is 25.4. The van der Waals surface area contributed by atoms with E-state index in [2.05, 4.69) is 5.92 Å². The van der Waals surface area contributed by atoms with Crippen molar-refractivity contribution < 1.29 is 23.5 Å². The molecule has 1 heterocycles. The molecule has 142 valence electrons. The van der Waals surface area contributed by atoms with Crippen LogP contribution in [0.4, 0.5) is 9.18 Å². The number of terminal acetylenes is 1. The number of benzene rings is 2. The Morgan fingerprint density at radius 3 is 2.61 bits per heavy atom. The predicted molar refractivity (Wildman–Crippen MR) is 105 cm³/mol. The number of nitrogens with zero attached hydrogens (tertiary/aromatic N) is 1. The lowest BCUT2D eigenvalue weighted by Crippen LogP contribution is -2.28. The van der Waals surface area contributed by atoms with Gasteiger partial charge in [0, 0.05) is 0 Å². The Morgan fingerprint density at radius 1 is 1.18 bits per heavy atom. The molecule has 0 spiro atoms. The lowest BCUT2D eigenvalue weighted by molar-refractivity contribution is -0.122. The van der Waals surface area contributed by atoms with Crippen LogP contribution >= 0.6 is 11.8 Å². The van der Waals surface area contributed by atoms with Gasteiger partial charge in [0.2, 0.25) is 0 Å². The summed E-state index contributed by atoms with van der Waals surface area (Å²) < 4.78 is 24.1. The zero-order chi connectivity index (χ0) is 20.1. The number of rotatable bonds is 6. The molecule has 0 aliphatic carbocycles. The van der Waals surface area contributed by atoms with Gasteiger partial charge in [-0.05, 0) is 53.2 Å². The number of imide groups is 1. The van der Waals surface area contributed by atoms with Gasteiger partial charge in [-0.15, -0.1) is 6.42 Å². The van der Waals surface area contributed by atoms with Gasteiger partial charge in [0.15, 0.2) is 11.5 Å². The molecule has 5 nitrogen and oxygen atoms in total. The average molecular weight is 397 g/mol. The van der Waals surface area contributed by atoms with Gasteiger partial charge in [-0.1, -0.05) is 24.1 Å². The maximum absolute atomic E-state index is 13.0. The highest BCUT2D eigenvalue weighted by molar-refractivity contribution is 8.18. The molecule has 0 N–H and O–H groups in total. The number of thioether (sulfide) groups is 1. The van der Waals surface area contributed by atoms with Crippen molar-refractivity contribution >= 4 is 29.0 Å². The Kier molecular flexibility index (Phi) is 6.02. The molecule has 3 rings (SSSR count). The fourth-order valence-corrected chi connectivity index (χ4v) is 3.35. The lowest BCUT2D eigenvalue weighted by atomic mass is 10.1. The summed E-state index contributed by atoms with van der Waals surface area (Å²) >= 11 is 0.843. The second-order valence-corrected chi connectivity index (χ2v) is 6.79. The minimum atomic E-state index is -0.413. The summed E-state index contributed by atoms with van der Waals surface area (Å²) in [6.07, 6.45) is 6.79. The maximum Gasteiger partial charge on any atom is 0.294 e. The SMILES string of the molecule is C#CCN1C(=O)S/C(=C/c2ccc(OCc3ccc(F)cc3)c(OC)c2)C1=O. The first-order valence-corrected chi connectivity index (χ1v) is 9.07. The first-order valence-electron chi connectivity index (χ1n) is 8.26. The Morgan fingerprint density at radius 2 is 1.93 bits per heavy atom. The van der Waals surface area contributed by atoms with E-state index in [4.69, 9.17) is 15.9 Å². The van der Waals surface area contributed by atoms with Crippen molar-refractivity contribution in [2.75, 3.05) is 13.7 Å². The zero-order valence-electron chi connectivity index (χ0n) is 15.0. The molecule has 2 aromatic rings. The van der Waals surface area contributed by atoms with Crippen LogP contribution in [0, 0.1) is 18.2 Å². The second-order valence-electron chi connectivity index (χ2n) is 5.80. The molecule has 28 heavy (non-hydrogen) atoms. The fraction of sp³-hybridized carbons (Fsp3) is 0.143. The van der Waals surface area contributed by atoms with Gasteiger partial charge >= 0.3 is 0 Å². The summed E-state index contributed by atoms with van der Waals surface area (Å²) in [7, 11) is 1.50. The van der Waals surface area contributed by atoms with Crippen molar-refractivity contribution in [3.8, 4) is 23.8 Å². The number of methoxy groups -OCH3 is 1. The van der Waals surface area contributed by atoms with Crippen LogP contribution in [-0.4, -0.2) is 29.7 Å². The highest BCUT2D eigenvalue weighted by Crippen LogP contribution is 2.34. The Balaban J connectivity index is 1.76. The number of hydrogen-bond acceptors (Lipinski definition) is 5. The van der Waals surface area contributed by atoms with Gasteiger partial charge in [-0.3, -0.25) is 14.5 Å². The molecule has 2 aromatic carbocycles. The third-order valence-electron chi connectivity index (χ3n) is 3.92. The van der Waals surface area contributed by atoms with Crippen molar-refractivity contribution in [1.29, 1.82) is 0 Å². The number of halogens is 1. The molecule has 0 radical (unpaired) electrons. The predicted octanol–water partition coefficient (Wildman–Crippen LogP) is 4.08. The molecule has 1 aliphatic heterocycles. The molecular formula is C21H16FNO4S. The summed E-state index contributed by atoms with van der Waals surface area (Å²) in [5.41, 5.74) is 1.49. The molecular weight excluding hydrogens is 381 g/mol. The van der Waals surface area contributed by atoms with Gasteiger partial charge < -0.3 is 9.47 Å². The standard InChI is InChI=1S/C21H16FNO4S/c1-3-10-23-20(24)19(28-21(23)25)12-15-6-9-17(18(11-15)26-2)27-13-14-4-7-16(22)8-5-14/h1,4-9,11-12H,10,13H2,2H3/b19-12+. The van der Waals surface area contributed by atoms with Crippen LogP contribution in [-0.2, 0) is 11.4 Å². The van der Waals surface area contributed by atoms with E-state index >= 15 is 0 Å². The van der Waals surface area contributed by atoms with Crippen molar-refractivity contribution in [3.05, 3.63) is 64.3 Å². The Labute approximate surface area is 166 Å². The average Bonchev–Trinajstić information content (AvgIpc) is 2.96. The number of carbonyl (C=O) groups is 2. The largest absolute Gasteiger partial charge is 0.493 e. The van der Waals surface area contributed by atoms with Crippen LogP contribution < -0.4 is 9.47 Å². The third kappa shape index (κ3) is 4.35. The molecule has 1 aliphatic rings. The number of amides is 2. The van der Waals surface area contributed by atoms with Gasteiger partial charge in [0.1, 0.15) is 12.4 Å². The smallest absolute Gasteiger partial charge is 0.294 e. The minimum absolute atomic E-state index is 0.0541. The van der Waals surface area contributed by atoms with Crippen molar-refractivity contribution in [3.63, 3.8) is 0 Å². The second kappa shape index (κ2) is 8.63. The highest BCUT2D eigenvalue weighted by atomic mass is 32.2. The molecule has 0 unspecified atom stereocenters. The van der Waals surface area contributed by atoms with E-state index < -0.39 is 5.91 Å². The van der Waals surface area contributed by atoms with Crippen molar-refractivity contribution in [2.24, 2.45) is 0 Å². The number of ether oxygens (including phenoxy) is 2. The minimum Gasteiger partial charge on any atom is -0.493 e. The van der Waals surface area contributed by atoms with Gasteiger partial charge in [-0.2, -0.15) is 0 Å². The number of hydrogen-bond donors (Lipinski definition) is 0.